The van der Waals surface area contributed by atoms with Crippen molar-refractivity contribution in [1.82, 2.24) is 24.6 Å². The van der Waals surface area contributed by atoms with E-state index < -0.39 is 5.41 Å². The molecule has 2 N–H and O–H groups in total. The van der Waals surface area contributed by atoms with Crippen molar-refractivity contribution >= 4 is 27.7 Å². The monoisotopic (exact) mass is 589 g/mol. The smallest absolute Gasteiger partial charge is 0.312 e. The van der Waals surface area contributed by atoms with E-state index in [2.05, 4.69) is 30.1 Å². The third kappa shape index (κ3) is 4.21. The van der Waals surface area contributed by atoms with Gasteiger partial charge in [0, 0.05) is 34.1 Å². The fourth-order valence-corrected chi connectivity index (χ4v) is 8.88. The third-order valence-corrected chi connectivity index (χ3v) is 10.7. The largest absolute Gasteiger partial charge is 0.473 e. The van der Waals surface area contributed by atoms with Gasteiger partial charge in [-0.15, -0.1) is 11.3 Å². The van der Waals surface area contributed by atoms with Gasteiger partial charge in [0.25, 0.3) is 0 Å². The highest BCUT2D eigenvalue weighted by Crippen LogP contribution is 2.55. The molecule has 0 bridgehead atoms. The second-order valence-electron chi connectivity index (χ2n) is 11.3. The lowest BCUT2D eigenvalue weighted by molar-refractivity contribution is 0.117. The Morgan fingerprint density at radius 2 is 2.10 bits per heavy atom. The maximum Gasteiger partial charge on any atom is 0.312 e. The van der Waals surface area contributed by atoms with E-state index in [9.17, 15) is 10.1 Å². The van der Waals surface area contributed by atoms with Crippen LogP contribution in [0.15, 0.2) is 27.0 Å². The molecule has 3 aliphatic rings. The summed E-state index contributed by atoms with van der Waals surface area (Å²) in [7, 11) is 2.12. The van der Waals surface area contributed by atoms with Crippen LogP contribution in [0.3, 0.4) is 0 Å². The lowest BCUT2D eigenvalue weighted by Gasteiger charge is -2.39. The zero-order chi connectivity index (χ0) is 28.3. The van der Waals surface area contributed by atoms with Crippen LogP contribution in [0.4, 0.5) is 5.00 Å². The molecule has 10 nitrogen and oxygen atoms in total. The van der Waals surface area contributed by atoms with Gasteiger partial charge in [-0.3, -0.25) is 14.3 Å². The number of thiazole rings is 1. The summed E-state index contributed by atoms with van der Waals surface area (Å²) in [5, 5.41) is 16.9. The molecular weight excluding hydrogens is 558 g/mol. The summed E-state index contributed by atoms with van der Waals surface area (Å²) in [5.74, 6) is 1.99. The van der Waals surface area contributed by atoms with Gasteiger partial charge in [-0.25, -0.2) is 4.98 Å². The molecule has 1 spiro atoms. The molecule has 3 atom stereocenters. The summed E-state index contributed by atoms with van der Waals surface area (Å²) >= 11 is 2.63. The Morgan fingerprint density at radius 3 is 2.83 bits per heavy atom. The van der Waals surface area contributed by atoms with E-state index in [0.29, 0.717) is 33.8 Å². The van der Waals surface area contributed by atoms with Gasteiger partial charge < -0.3 is 15.0 Å². The van der Waals surface area contributed by atoms with E-state index in [0.717, 1.165) is 86.1 Å². The molecule has 0 saturated carbocycles. The molecule has 0 radical (unpaired) electrons. The molecule has 4 aromatic heterocycles. The number of rotatable bonds is 5. The average molecular weight is 590 g/mol. The van der Waals surface area contributed by atoms with Crippen LogP contribution in [-0.2, 0) is 18.3 Å². The van der Waals surface area contributed by atoms with Crippen LogP contribution in [0.25, 0.3) is 17.3 Å². The van der Waals surface area contributed by atoms with E-state index in [-0.39, 0.29) is 17.0 Å². The van der Waals surface area contributed by atoms with E-state index in [4.69, 9.17) is 25.0 Å². The number of aromatic nitrogens is 4. The number of ether oxygens (including phenoxy) is 1. The Bertz CT molecular complexity index is 1730. The first-order valence-electron chi connectivity index (χ1n) is 14.1. The highest BCUT2D eigenvalue weighted by atomic mass is 32.1. The first-order chi connectivity index (χ1) is 19.9. The van der Waals surface area contributed by atoms with Crippen LogP contribution in [0, 0.1) is 11.3 Å². The first-order valence-corrected chi connectivity index (χ1v) is 15.8. The molecule has 12 heteroatoms. The number of hydrogen-bond donors (Lipinski definition) is 1. The van der Waals surface area contributed by atoms with Crippen LogP contribution in [0.5, 0.6) is 5.88 Å². The maximum absolute atomic E-state index is 12.6. The lowest BCUT2D eigenvalue weighted by Crippen LogP contribution is -2.38. The van der Waals surface area contributed by atoms with Crippen molar-refractivity contribution in [2.75, 3.05) is 19.3 Å². The van der Waals surface area contributed by atoms with Crippen LogP contribution >= 0.6 is 22.7 Å². The summed E-state index contributed by atoms with van der Waals surface area (Å²) in [4.78, 5) is 25.6. The second kappa shape index (κ2) is 10.1. The Kier molecular flexibility index (Phi) is 6.48. The van der Waals surface area contributed by atoms with Crippen LogP contribution < -0.4 is 15.3 Å². The van der Waals surface area contributed by atoms with Crippen molar-refractivity contribution in [2.45, 2.75) is 75.9 Å². The summed E-state index contributed by atoms with van der Waals surface area (Å²) in [6, 6.07) is 4.38. The minimum absolute atomic E-state index is 0.0964. The predicted octanol–water partition coefficient (Wildman–Crippen LogP) is 4.68. The van der Waals surface area contributed by atoms with Crippen molar-refractivity contribution in [3.63, 3.8) is 0 Å². The Labute approximate surface area is 245 Å². The topological polar surface area (TPSA) is 136 Å². The average Bonchev–Trinajstić information content (AvgIpc) is 3.75. The molecule has 0 unspecified atom stereocenters. The van der Waals surface area contributed by atoms with Crippen molar-refractivity contribution in [2.24, 2.45) is 0 Å². The molecule has 7 rings (SSSR count). The molecule has 1 saturated heterocycles. The van der Waals surface area contributed by atoms with Gasteiger partial charge in [-0.1, -0.05) is 16.5 Å². The highest BCUT2D eigenvalue weighted by Gasteiger charge is 2.48. The molecule has 1 fully saturated rings. The van der Waals surface area contributed by atoms with E-state index in [1.807, 2.05) is 0 Å². The zero-order valence-electron chi connectivity index (χ0n) is 23.1. The Morgan fingerprint density at radius 1 is 1.27 bits per heavy atom. The van der Waals surface area contributed by atoms with Gasteiger partial charge in [0.05, 0.1) is 11.0 Å². The standard InChI is InChI=1S/C29H31N7O3S2/c1-16(19-7-5-11-35(19)2)38-22-14-21(36-12-13-40-28(36)37)32-27(33-22)24-17-6-3-9-29(25(17)39-34-24)10-4-8-20-23(29)18(15-30)26(31)41-20/h12-14,16,19H,3-11,31H2,1-2H3/t16-,19-,29-/m0/s1. The molecule has 2 aliphatic carbocycles. The number of nitrogen functional groups attached to an aromatic ring is 1. The lowest BCUT2D eigenvalue weighted by atomic mass is 9.63. The molecule has 0 amide bonds. The molecule has 4 aromatic rings. The van der Waals surface area contributed by atoms with Gasteiger partial charge in [-0.05, 0) is 77.4 Å². The SMILES string of the molecule is C[C@H](Oc1cc(-n2ccsc2=O)nc(-c2noc3c2CCC[C@@]32CCCc3sc(N)c(C#N)c32)n1)[C@@H]1CCCN1C. The van der Waals surface area contributed by atoms with Gasteiger partial charge in [0.15, 0.2) is 17.3 Å². The molecule has 41 heavy (non-hydrogen) atoms. The number of likely N-dealkylation sites (tertiary alicyclic amines) is 1. The fraction of sp³-hybridized carbons (Fsp3) is 0.483. The second-order valence-corrected chi connectivity index (χ2v) is 13.3. The summed E-state index contributed by atoms with van der Waals surface area (Å²) < 4.78 is 14.1. The summed E-state index contributed by atoms with van der Waals surface area (Å²) in [6.45, 7) is 3.10. The number of nitrogens with two attached hydrogens (primary N) is 1. The van der Waals surface area contributed by atoms with Crippen molar-refractivity contribution in [3.05, 3.63) is 54.6 Å². The number of anilines is 1. The van der Waals surface area contributed by atoms with Gasteiger partial charge in [0.1, 0.15) is 23.0 Å². The zero-order valence-corrected chi connectivity index (χ0v) is 24.7. The number of nitrogens with zero attached hydrogens (tertiary/aromatic N) is 6. The molecule has 212 valence electrons. The summed E-state index contributed by atoms with van der Waals surface area (Å²) in [5.41, 5.74) is 9.00. The third-order valence-electron chi connectivity index (χ3n) is 9.01. The Hall–Kier alpha value is -3.53. The number of hydrogen-bond acceptors (Lipinski definition) is 11. The minimum atomic E-state index is -0.436. The normalized spacial score (nSPS) is 22.8. The number of nitriles is 1. The maximum atomic E-state index is 12.6. The van der Waals surface area contributed by atoms with Crippen LogP contribution in [0.2, 0.25) is 0 Å². The number of likely N-dealkylation sites (N-methyl/N-ethyl adjacent to an activating group) is 1. The van der Waals surface area contributed by atoms with Crippen LogP contribution in [0.1, 0.15) is 72.8 Å². The van der Waals surface area contributed by atoms with Gasteiger partial charge >= 0.3 is 4.87 Å². The number of fused-ring (bicyclic) bond motifs is 4. The first kappa shape index (κ1) is 26.4. The van der Waals surface area contributed by atoms with Crippen molar-refractivity contribution < 1.29 is 9.26 Å². The molecule has 0 aromatic carbocycles. The van der Waals surface area contributed by atoms with Crippen LogP contribution in [-0.4, -0.2) is 50.3 Å². The number of thiophene rings is 1. The quantitative estimate of drug-likeness (QED) is 0.352. The van der Waals surface area contributed by atoms with E-state index in [1.54, 1.807) is 17.6 Å². The molecular formula is C29H31N7O3S2. The minimum Gasteiger partial charge on any atom is -0.473 e. The van der Waals surface area contributed by atoms with E-state index in [1.165, 1.54) is 20.8 Å². The molecule has 5 heterocycles. The highest BCUT2D eigenvalue weighted by molar-refractivity contribution is 7.16. The van der Waals surface area contributed by atoms with E-state index >= 15 is 0 Å². The van der Waals surface area contributed by atoms with Gasteiger partial charge in [0.2, 0.25) is 5.88 Å². The van der Waals surface area contributed by atoms with Gasteiger partial charge in [-0.2, -0.15) is 10.2 Å². The Balaban J connectivity index is 1.34. The van der Waals surface area contributed by atoms with Crippen molar-refractivity contribution in [1.29, 1.82) is 5.26 Å². The fourth-order valence-electron chi connectivity index (χ4n) is 7.15. The molecule has 1 aliphatic heterocycles. The summed E-state index contributed by atoms with van der Waals surface area (Å²) in [6.07, 6.45) is 9.14. The number of aryl methyl sites for hydroxylation is 1. The van der Waals surface area contributed by atoms with Crippen molar-refractivity contribution in [3.8, 4) is 29.3 Å². The predicted molar refractivity (Wildman–Crippen MR) is 157 cm³/mol.